The third-order valence-corrected chi connectivity index (χ3v) is 3.37. The Bertz CT molecular complexity index is 513. The van der Waals surface area contributed by atoms with Crippen LogP contribution in [0.5, 0.6) is 0 Å². The molecule has 1 aromatic carbocycles. The second-order valence-electron chi connectivity index (χ2n) is 5.04. The minimum absolute atomic E-state index is 0.322. The molecule has 0 heterocycles. The van der Waals surface area contributed by atoms with Gasteiger partial charge in [0.1, 0.15) is 0 Å². The number of rotatable bonds is 2. The highest BCUT2D eigenvalue weighted by Crippen LogP contribution is 2.29. The van der Waals surface area contributed by atoms with Gasteiger partial charge in [0, 0.05) is 11.9 Å². The molecule has 0 atom stereocenters. The molecule has 3 nitrogen and oxygen atoms in total. The lowest BCUT2D eigenvalue weighted by Gasteiger charge is -2.13. The molecule has 114 valence electrons. The summed E-state index contributed by atoms with van der Waals surface area (Å²) in [5.74, 6) is 0. The molecule has 0 radical (unpaired) electrons. The highest BCUT2D eigenvalue weighted by molar-refractivity contribution is 5.89. The van der Waals surface area contributed by atoms with E-state index in [4.69, 9.17) is 0 Å². The Morgan fingerprint density at radius 1 is 1.05 bits per heavy atom. The van der Waals surface area contributed by atoms with E-state index < -0.39 is 17.8 Å². The van der Waals surface area contributed by atoms with Crippen LogP contribution in [0.15, 0.2) is 36.0 Å². The number of nitrogens with one attached hydrogen (secondary N) is 2. The Hall–Kier alpha value is -1.98. The molecule has 1 fully saturated rings. The van der Waals surface area contributed by atoms with Crippen LogP contribution < -0.4 is 10.6 Å². The zero-order valence-electron chi connectivity index (χ0n) is 11.5. The Morgan fingerprint density at radius 3 is 2.24 bits per heavy atom. The predicted octanol–water partition coefficient (Wildman–Crippen LogP) is 4.67. The van der Waals surface area contributed by atoms with Gasteiger partial charge in [0.2, 0.25) is 0 Å². The van der Waals surface area contributed by atoms with Gasteiger partial charge in [0.15, 0.2) is 0 Å². The number of hydrogen-bond donors (Lipinski definition) is 2. The first-order valence-corrected chi connectivity index (χ1v) is 6.88. The molecule has 1 aromatic rings. The van der Waals surface area contributed by atoms with Gasteiger partial charge in [-0.25, -0.2) is 4.79 Å². The Balaban J connectivity index is 1.87. The third-order valence-electron chi connectivity index (χ3n) is 3.37. The molecule has 2 rings (SSSR count). The minimum Gasteiger partial charge on any atom is -0.314 e. The fraction of sp³-hybridized carbons (Fsp3) is 0.400. The van der Waals surface area contributed by atoms with E-state index in [0.717, 1.165) is 37.8 Å². The number of alkyl halides is 3. The molecule has 0 unspecified atom stereocenters. The Morgan fingerprint density at radius 2 is 1.67 bits per heavy atom. The minimum atomic E-state index is -4.37. The maximum absolute atomic E-state index is 12.4. The lowest BCUT2D eigenvalue weighted by Crippen LogP contribution is -2.24. The Labute approximate surface area is 121 Å². The predicted molar refractivity (Wildman–Crippen MR) is 74.8 cm³/mol. The number of carbonyl (C=O) groups excluding carboxylic acids is 1. The monoisotopic (exact) mass is 298 g/mol. The van der Waals surface area contributed by atoms with Gasteiger partial charge in [-0.3, -0.25) is 0 Å². The van der Waals surface area contributed by atoms with E-state index in [1.807, 2.05) is 0 Å². The van der Waals surface area contributed by atoms with E-state index >= 15 is 0 Å². The van der Waals surface area contributed by atoms with Crippen LogP contribution >= 0.6 is 0 Å². The number of urea groups is 1. The van der Waals surface area contributed by atoms with Crippen molar-refractivity contribution < 1.29 is 18.0 Å². The van der Waals surface area contributed by atoms with Crippen LogP contribution in [0.1, 0.15) is 37.7 Å². The molecule has 21 heavy (non-hydrogen) atoms. The maximum atomic E-state index is 12.4. The van der Waals surface area contributed by atoms with E-state index in [0.29, 0.717) is 5.69 Å². The molecular weight excluding hydrogens is 281 g/mol. The first-order valence-electron chi connectivity index (χ1n) is 6.88. The third kappa shape index (κ3) is 4.81. The van der Waals surface area contributed by atoms with Crippen LogP contribution in [0, 0.1) is 0 Å². The number of allylic oxidation sites excluding steroid dienone is 1. The van der Waals surface area contributed by atoms with Gasteiger partial charge in [-0.15, -0.1) is 0 Å². The van der Waals surface area contributed by atoms with Gasteiger partial charge in [0.05, 0.1) is 5.56 Å². The zero-order chi connectivity index (χ0) is 15.3. The Kier molecular flexibility index (Phi) is 4.88. The van der Waals surface area contributed by atoms with E-state index in [9.17, 15) is 18.0 Å². The van der Waals surface area contributed by atoms with E-state index in [-0.39, 0.29) is 0 Å². The van der Waals surface area contributed by atoms with Crippen LogP contribution in [0.3, 0.4) is 0 Å². The van der Waals surface area contributed by atoms with Crippen molar-refractivity contribution in [2.45, 2.75) is 38.3 Å². The number of anilines is 1. The second-order valence-corrected chi connectivity index (χ2v) is 5.04. The molecule has 0 spiro atoms. The first-order chi connectivity index (χ1) is 9.95. The molecule has 1 saturated carbocycles. The van der Waals surface area contributed by atoms with Gasteiger partial charge in [-0.2, -0.15) is 13.2 Å². The molecule has 6 heteroatoms. The summed E-state index contributed by atoms with van der Waals surface area (Å²) in [5.41, 5.74) is 0.782. The highest BCUT2D eigenvalue weighted by atomic mass is 19.4. The summed E-state index contributed by atoms with van der Waals surface area (Å²) in [5, 5.41) is 5.11. The van der Waals surface area contributed by atoms with Crippen molar-refractivity contribution in [2.24, 2.45) is 0 Å². The van der Waals surface area contributed by atoms with Crippen LogP contribution in [0.4, 0.5) is 23.7 Å². The summed E-state index contributed by atoms with van der Waals surface area (Å²) < 4.78 is 37.2. The SMILES string of the molecule is O=C(NC=C1CCCCC1)Nc1ccc(C(F)(F)F)cc1. The van der Waals surface area contributed by atoms with Gasteiger partial charge < -0.3 is 10.6 Å². The van der Waals surface area contributed by atoms with Crippen LogP contribution in [0.2, 0.25) is 0 Å². The van der Waals surface area contributed by atoms with Crippen LogP contribution in [-0.2, 0) is 6.18 Å². The summed E-state index contributed by atoms with van der Waals surface area (Å²) in [7, 11) is 0. The molecule has 0 bridgehead atoms. The standard InChI is InChI=1S/C15H17F3N2O/c16-15(17,18)12-6-8-13(9-7-12)20-14(21)19-10-11-4-2-1-3-5-11/h6-10H,1-5H2,(H2,19,20,21). The van der Waals surface area contributed by atoms with Gasteiger partial charge in [-0.05, 0) is 49.9 Å². The quantitative estimate of drug-likeness (QED) is 0.818. The first kappa shape index (κ1) is 15.4. The lowest BCUT2D eigenvalue weighted by molar-refractivity contribution is -0.137. The smallest absolute Gasteiger partial charge is 0.314 e. The summed E-state index contributed by atoms with van der Waals surface area (Å²) in [4.78, 5) is 11.6. The van der Waals surface area contributed by atoms with Crippen molar-refractivity contribution in [3.63, 3.8) is 0 Å². The van der Waals surface area contributed by atoms with Crippen LogP contribution in [0.25, 0.3) is 0 Å². The zero-order valence-corrected chi connectivity index (χ0v) is 11.5. The molecule has 2 N–H and O–H groups in total. The van der Waals surface area contributed by atoms with E-state index in [2.05, 4.69) is 10.6 Å². The largest absolute Gasteiger partial charge is 0.416 e. The van der Waals surface area contributed by atoms with Crippen molar-refractivity contribution in [1.29, 1.82) is 0 Å². The van der Waals surface area contributed by atoms with Crippen molar-refractivity contribution in [1.82, 2.24) is 5.32 Å². The average molecular weight is 298 g/mol. The second kappa shape index (κ2) is 6.65. The number of hydrogen-bond acceptors (Lipinski definition) is 1. The number of carbonyl (C=O) groups is 1. The number of benzene rings is 1. The number of halogens is 3. The summed E-state index contributed by atoms with van der Waals surface area (Å²) in [6, 6.07) is 3.89. The number of amides is 2. The van der Waals surface area contributed by atoms with E-state index in [1.165, 1.54) is 24.1 Å². The topological polar surface area (TPSA) is 41.1 Å². The van der Waals surface area contributed by atoms with Crippen molar-refractivity contribution in [3.8, 4) is 0 Å². The summed E-state index contributed by atoms with van der Waals surface area (Å²) in [6.07, 6.45) is 2.78. The average Bonchev–Trinajstić information content (AvgIpc) is 2.46. The highest BCUT2D eigenvalue weighted by Gasteiger charge is 2.29. The molecule has 0 saturated heterocycles. The van der Waals surface area contributed by atoms with Crippen LogP contribution in [-0.4, -0.2) is 6.03 Å². The summed E-state index contributed by atoms with van der Waals surface area (Å²) in [6.45, 7) is 0. The maximum Gasteiger partial charge on any atom is 0.416 e. The molecule has 0 aromatic heterocycles. The molecule has 2 amide bonds. The van der Waals surface area contributed by atoms with E-state index in [1.54, 1.807) is 6.20 Å². The fourth-order valence-corrected chi connectivity index (χ4v) is 2.23. The lowest BCUT2D eigenvalue weighted by atomic mass is 9.96. The van der Waals surface area contributed by atoms with Gasteiger partial charge in [0.25, 0.3) is 0 Å². The normalized spacial score (nSPS) is 15.5. The van der Waals surface area contributed by atoms with Gasteiger partial charge >= 0.3 is 12.2 Å². The van der Waals surface area contributed by atoms with Crippen molar-refractivity contribution in [2.75, 3.05) is 5.32 Å². The molecule has 1 aliphatic rings. The molecule has 1 aliphatic carbocycles. The molecular formula is C15H17F3N2O. The van der Waals surface area contributed by atoms with Gasteiger partial charge in [-0.1, -0.05) is 12.0 Å². The fourth-order valence-electron chi connectivity index (χ4n) is 2.23. The van der Waals surface area contributed by atoms with Crippen molar-refractivity contribution >= 4 is 11.7 Å². The summed E-state index contributed by atoms with van der Waals surface area (Å²) >= 11 is 0. The molecule has 0 aliphatic heterocycles. The van der Waals surface area contributed by atoms with Crippen molar-refractivity contribution in [3.05, 3.63) is 41.6 Å².